The second-order valence-electron chi connectivity index (χ2n) is 6.73. The summed E-state index contributed by atoms with van der Waals surface area (Å²) in [6, 6.07) is 15.0. The van der Waals surface area contributed by atoms with Crippen molar-refractivity contribution in [3.63, 3.8) is 0 Å². The molecule has 0 radical (unpaired) electrons. The molecule has 0 heterocycles. The normalized spacial score (nSPS) is 11.2. The van der Waals surface area contributed by atoms with E-state index in [0.29, 0.717) is 5.56 Å². The van der Waals surface area contributed by atoms with Crippen LogP contribution in [0.3, 0.4) is 0 Å². The largest absolute Gasteiger partial charge is 0.326 e. The van der Waals surface area contributed by atoms with Crippen LogP contribution in [-0.2, 0) is 23.0 Å². The average Bonchev–Trinajstić information content (AvgIpc) is 2.73. The van der Waals surface area contributed by atoms with Crippen molar-refractivity contribution in [3.05, 3.63) is 88.2 Å². The van der Waals surface area contributed by atoms with Crippen molar-refractivity contribution in [2.24, 2.45) is 5.73 Å². The molecule has 9 heteroatoms. The summed E-state index contributed by atoms with van der Waals surface area (Å²) in [6.07, 6.45) is 0.791. The molecule has 0 fully saturated rings. The molecule has 0 aliphatic heterocycles. The molecule has 0 spiro atoms. The van der Waals surface area contributed by atoms with Gasteiger partial charge in [0.25, 0.3) is 15.9 Å². The van der Waals surface area contributed by atoms with E-state index in [2.05, 4.69) is 10.0 Å². The van der Waals surface area contributed by atoms with Gasteiger partial charge in [0.2, 0.25) is 0 Å². The summed E-state index contributed by atoms with van der Waals surface area (Å²) in [4.78, 5) is 12.6. The van der Waals surface area contributed by atoms with Gasteiger partial charge >= 0.3 is 0 Å². The summed E-state index contributed by atoms with van der Waals surface area (Å²) < 4.78 is 42.1. The molecule has 0 aliphatic rings. The maximum absolute atomic E-state index is 14.0. The Morgan fingerprint density at radius 1 is 1.10 bits per heavy atom. The lowest BCUT2D eigenvalue weighted by molar-refractivity contribution is 0.102. The highest BCUT2D eigenvalue weighted by molar-refractivity contribution is 7.92. The molecule has 0 atom stereocenters. The van der Waals surface area contributed by atoms with E-state index in [9.17, 15) is 17.6 Å². The Bertz CT molecular complexity index is 1190. The molecule has 0 saturated heterocycles. The minimum Gasteiger partial charge on any atom is -0.326 e. The quantitative estimate of drug-likeness (QED) is 0.480. The molecule has 0 aliphatic carbocycles. The Morgan fingerprint density at radius 3 is 2.42 bits per heavy atom. The number of carbonyl (C=O) groups is 1. The Morgan fingerprint density at radius 2 is 1.81 bits per heavy atom. The predicted octanol–water partition coefficient (Wildman–Crippen LogP) is 4.55. The first kappa shape index (κ1) is 22.7. The molecule has 3 aromatic rings. The van der Waals surface area contributed by atoms with Gasteiger partial charge in [-0.05, 0) is 53.9 Å². The van der Waals surface area contributed by atoms with Gasteiger partial charge in [0.1, 0.15) is 5.82 Å². The minimum absolute atomic E-state index is 0.0347. The van der Waals surface area contributed by atoms with Crippen molar-refractivity contribution in [2.75, 3.05) is 10.0 Å². The molecular weight excluding hydrogens is 441 g/mol. The van der Waals surface area contributed by atoms with E-state index in [1.54, 1.807) is 24.3 Å². The van der Waals surface area contributed by atoms with Crippen LogP contribution in [0.4, 0.5) is 15.8 Å². The third-order valence-electron chi connectivity index (χ3n) is 4.66. The third-order valence-corrected chi connectivity index (χ3v) is 6.36. The molecule has 3 aromatic carbocycles. The molecule has 0 saturated carbocycles. The highest BCUT2D eigenvalue weighted by Crippen LogP contribution is 2.26. The number of halogens is 2. The first-order valence-electron chi connectivity index (χ1n) is 9.45. The standard InChI is InChI=1S/C22H21ClFN3O3S/c1-2-14-6-10-17(11-7-14)31(29,30)27-20-12-16(9-8-15(20)13-25)26-22(28)21-18(23)4-3-5-19(21)24/h3-12,27H,2,13,25H2,1H3,(H,26,28). The number of amides is 1. The van der Waals surface area contributed by atoms with Crippen molar-refractivity contribution < 1.29 is 17.6 Å². The van der Waals surface area contributed by atoms with Crippen molar-refractivity contribution in [2.45, 2.75) is 24.8 Å². The Kier molecular flexibility index (Phi) is 6.94. The van der Waals surface area contributed by atoms with E-state index >= 15 is 0 Å². The monoisotopic (exact) mass is 461 g/mol. The summed E-state index contributed by atoms with van der Waals surface area (Å²) in [5.74, 6) is -1.52. The smallest absolute Gasteiger partial charge is 0.261 e. The van der Waals surface area contributed by atoms with Crippen molar-refractivity contribution in [1.29, 1.82) is 0 Å². The Balaban J connectivity index is 1.89. The molecule has 0 aromatic heterocycles. The maximum atomic E-state index is 14.0. The molecule has 1 amide bonds. The summed E-state index contributed by atoms with van der Waals surface area (Å²) in [6.45, 7) is 2.05. The molecule has 3 rings (SSSR count). The van der Waals surface area contributed by atoms with E-state index in [4.69, 9.17) is 17.3 Å². The van der Waals surface area contributed by atoms with Gasteiger partial charge < -0.3 is 11.1 Å². The second kappa shape index (κ2) is 9.47. The number of anilines is 2. The highest BCUT2D eigenvalue weighted by Gasteiger charge is 2.19. The zero-order valence-corrected chi connectivity index (χ0v) is 18.2. The number of benzene rings is 3. The number of aryl methyl sites for hydroxylation is 1. The van der Waals surface area contributed by atoms with Gasteiger partial charge in [-0.25, -0.2) is 12.8 Å². The van der Waals surface area contributed by atoms with Gasteiger partial charge in [0.15, 0.2) is 0 Å². The zero-order valence-electron chi connectivity index (χ0n) is 16.7. The van der Waals surface area contributed by atoms with Crippen molar-refractivity contribution in [3.8, 4) is 0 Å². The van der Waals surface area contributed by atoms with E-state index in [1.807, 2.05) is 6.92 Å². The van der Waals surface area contributed by atoms with Crippen LogP contribution in [-0.4, -0.2) is 14.3 Å². The van der Waals surface area contributed by atoms with Gasteiger partial charge in [-0.3, -0.25) is 9.52 Å². The van der Waals surface area contributed by atoms with Crippen LogP contribution in [0.2, 0.25) is 5.02 Å². The second-order valence-corrected chi connectivity index (χ2v) is 8.82. The summed E-state index contributed by atoms with van der Waals surface area (Å²) in [5, 5.41) is 2.50. The van der Waals surface area contributed by atoms with E-state index in [1.165, 1.54) is 30.3 Å². The fourth-order valence-electron chi connectivity index (χ4n) is 2.94. The van der Waals surface area contributed by atoms with Crippen LogP contribution in [0.25, 0.3) is 0 Å². The molecule has 0 unspecified atom stereocenters. The minimum atomic E-state index is -3.88. The number of rotatable bonds is 7. The number of nitrogens with two attached hydrogens (primary N) is 1. The molecule has 31 heavy (non-hydrogen) atoms. The number of nitrogens with one attached hydrogen (secondary N) is 2. The van der Waals surface area contributed by atoms with Crippen LogP contribution < -0.4 is 15.8 Å². The van der Waals surface area contributed by atoms with E-state index in [-0.39, 0.29) is 33.4 Å². The van der Waals surface area contributed by atoms with Crippen molar-refractivity contribution in [1.82, 2.24) is 0 Å². The van der Waals surface area contributed by atoms with E-state index < -0.39 is 21.7 Å². The summed E-state index contributed by atoms with van der Waals surface area (Å²) in [7, 11) is -3.88. The molecular formula is C22H21ClFN3O3S. The highest BCUT2D eigenvalue weighted by atomic mass is 35.5. The van der Waals surface area contributed by atoms with Crippen LogP contribution in [0.5, 0.6) is 0 Å². The Hall–Kier alpha value is -2.94. The third kappa shape index (κ3) is 5.22. The van der Waals surface area contributed by atoms with Gasteiger partial charge in [-0.1, -0.05) is 42.8 Å². The molecule has 4 N–H and O–H groups in total. The van der Waals surface area contributed by atoms with Gasteiger partial charge in [-0.15, -0.1) is 0 Å². The van der Waals surface area contributed by atoms with Crippen LogP contribution >= 0.6 is 11.6 Å². The number of carbonyl (C=O) groups excluding carboxylic acids is 1. The maximum Gasteiger partial charge on any atom is 0.261 e. The fraction of sp³-hybridized carbons (Fsp3) is 0.136. The van der Waals surface area contributed by atoms with Crippen LogP contribution in [0, 0.1) is 5.82 Å². The summed E-state index contributed by atoms with van der Waals surface area (Å²) >= 11 is 5.94. The fourth-order valence-corrected chi connectivity index (χ4v) is 4.28. The first-order valence-corrected chi connectivity index (χ1v) is 11.3. The zero-order chi connectivity index (χ0) is 22.6. The lowest BCUT2D eigenvalue weighted by Gasteiger charge is -2.15. The van der Waals surface area contributed by atoms with Crippen molar-refractivity contribution >= 4 is 38.9 Å². The van der Waals surface area contributed by atoms with Gasteiger partial charge in [-0.2, -0.15) is 0 Å². The molecule has 0 bridgehead atoms. The SMILES string of the molecule is CCc1ccc(S(=O)(=O)Nc2cc(NC(=O)c3c(F)cccc3Cl)ccc2CN)cc1. The topological polar surface area (TPSA) is 101 Å². The Labute approximate surface area is 185 Å². The van der Waals surface area contributed by atoms with Crippen LogP contribution in [0.15, 0.2) is 65.6 Å². The number of hydrogen-bond acceptors (Lipinski definition) is 4. The molecule has 162 valence electrons. The van der Waals surface area contributed by atoms with E-state index in [0.717, 1.165) is 18.1 Å². The lowest BCUT2D eigenvalue weighted by atomic mass is 10.1. The van der Waals surface area contributed by atoms with Gasteiger partial charge in [0, 0.05) is 12.2 Å². The number of hydrogen-bond donors (Lipinski definition) is 3. The van der Waals surface area contributed by atoms with Gasteiger partial charge in [0.05, 0.1) is 21.2 Å². The average molecular weight is 462 g/mol. The lowest BCUT2D eigenvalue weighted by Crippen LogP contribution is -2.17. The summed E-state index contributed by atoms with van der Waals surface area (Å²) in [5.41, 5.74) is 7.43. The predicted molar refractivity (Wildman–Crippen MR) is 120 cm³/mol. The number of sulfonamides is 1. The van der Waals surface area contributed by atoms with Crippen LogP contribution in [0.1, 0.15) is 28.4 Å². The first-order chi connectivity index (χ1) is 14.7. The molecule has 6 nitrogen and oxygen atoms in total.